The summed E-state index contributed by atoms with van der Waals surface area (Å²) in [6.07, 6.45) is 6.62. The van der Waals surface area contributed by atoms with Crippen LogP contribution in [0.4, 0.5) is 0 Å². The fourth-order valence-corrected chi connectivity index (χ4v) is 10.5. The molecule has 0 spiro atoms. The van der Waals surface area contributed by atoms with Crippen LogP contribution in [0.5, 0.6) is 0 Å². The summed E-state index contributed by atoms with van der Waals surface area (Å²) >= 11 is -0.905. The third kappa shape index (κ3) is 6.37. The van der Waals surface area contributed by atoms with Crippen LogP contribution in [0.1, 0.15) is 45.2 Å². The molecule has 0 bridgehead atoms. The van der Waals surface area contributed by atoms with Crippen molar-refractivity contribution < 1.29 is 48.0 Å². The predicted octanol–water partition coefficient (Wildman–Crippen LogP) is 3.79. The molecule has 1 heterocycles. The minimum Gasteiger partial charge on any atom is -1.00 e. The van der Waals surface area contributed by atoms with Gasteiger partial charge in [0.2, 0.25) is 0 Å². The van der Waals surface area contributed by atoms with Crippen LogP contribution in [-0.4, -0.2) is 9.52 Å². The Hall–Kier alpha value is -1.96. The van der Waals surface area contributed by atoms with Gasteiger partial charge in [-0.2, -0.15) is 0 Å². The maximum atomic E-state index is 2.53. The molecule has 3 aliphatic rings. The third-order valence-corrected chi connectivity index (χ3v) is 16.2. The molecule has 1 fully saturated rings. The molecule has 2 atom stereocenters. The number of allylic oxidation sites excluding steroid dienone is 8. The molecule has 1 aliphatic heterocycles. The summed E-state index contributed by atoms with van der Waals surface area (Å²) in [5.74, 6) is 1.06. The van der Waals surface area contributed by atoms with Crippen LogP contribution in [0.25, 0.3) is 32.7 Å². The van der Waals surface area contributed by atoms with E-state index in [0.717, 1.165) is 0 Å². The van der Waals surface area contributed by atoms with Crippen LogP contribution in [0.2, 0.25) is 12.1 Å². The van der Waals surface area contributed by atoms with Crippen LogP contribution < -0.4 is 24.8 Å². The molecule has 208 valence electrons. The van der Waals surface area contributed by atoms with Crippen molar-refractivity contribution in [2.24, 2.45) is 11.8 Å². The molecule has 0 amide bonds. The van der Waals surface area contributed by atoms with Crippen molar-refractivity contribution in [2.45, 2.75) is 46.2 Å². The Bertz CT molecular complexity index is 1550. The molecule has 4 aromatic rings. The van der Waals surface area contributed by atoms with Crippen molar-refractivity contribution in [1.82, 2.24) is 0 Å². The minimum atomic E-state index is -0.905. The van der Waals surface area contributed by atoms with Crippen molar-refractivity contribution in [3.63, 3.8) is 0 Å². The van der Waals surface area contributed by atoms with Gasteiger partial charge in [0.05, 0.1) is 0 Å². The number of hydrogen-bond acceptors (Lipinski definition) is 0. The molecular formula is C37H38Cl2SiZr. The van der Waals surface area contributed by atoms with Gasteiger partial charge < -0.3 is 24.8 Å². The Labute approximate surface area is 272 Å². The van der Waals surface area contributed by atoms with Gasteiger partial charge in [0, 0.05) is 9.52 Å². The summed E-state index contributed by atoms with van der Waals surface area (Å²) in [5.41, 5.74) is 8.76. The molecule has 0 N–H and O–H groups in total. The van der Waals surface area contributed by atoms with Gasteiger partial charge in [-0.05, 0) is 0 Å². The molecule has 4 heteroatoms. The summed E-state index contributed by atoms with van der Waals surface area (Å²) in [5, 5.41) is 5.38. The van der Waals surface area contributed by atoms with Gasteiger partial charge in [0.25, 0.3) is 0 Å². The summed E-state index contributed by atoms with van der Waals surface area (Å²) < 4.78 is 3.48. The second-order valence-corrected chi connectivity index (χ2v) is 16.8. The average Bonchev–Trinajstić information content (AvgIpc) is 3.36. The predicted molar refractivity (Wildman–Crippen MR) is 170 cm³/mol. The Morgan fingerprint density at radius 2 is 0.951 bits per heavy atom. The summed E-state index contributed by atoms with van der Waals surface area (Å²) in [6.45, 7) is 9.57. The van der Waals surface area contributed by atoms with E-state index in [1.807, 2.05) is 0 Å². The van der Waals surface area contributed by atoms with Gasteiger partial charge in [0.1, 0.15) is 0 Å². The SMILES string of the molecule is C1C[SiH2]C1.CC1=[C]([Zr+2][C]2=C(C)C(c3cccc4ccccc34)=CC2C)C(C)C=C1c1cccc2ccccc12.[Cl-].[Cl-]. The fraction of sp³-hybridized carbons (Fsp3) is 0.243. The average molecular weight is 673 g/mol. The minimum absolute atomic E-state index is 0. The van der Waals surface area contributed by atoms with E-state index in [-0.39, 0.29) is 24.8 Å². The Kier molecular flexibility index (Phi) is 10.9. The van der Waals surface area contributed by atoms with Crippen molar-refractivity contribution in [3.05, 3.63) is 126 Å². The van der Waals surface area contributed by atoms with E-state index in [1.165, 1.54) is 55.0 Å². The van der Waals surface area contributed by atoms with Gasteiger partial charge >= 0.3 is 221 Å². The Balaban J connectivity index is 0.000000596. The summed E-state index contributed by atoms with van der Waals surface area (Å²) in [4.78, 5) is 0. The van der Waals surface area contributed by atoms with Gasteiger partial charge in [-0.15, -0.1) is 0 Å². The van der Waals surface area contributed by atoms with E-state index in [2.05, 4.69) is 125 Å². The van der Waals surface area contributed by atoms with Gasteiger partial charge in [-0.1, -0.05) is 18.5 Å². The molecule has 0 saturated carbocycles. The van der Waals surface area contributed by atoms with Crippen LogP contribution in [0.3, 0.4) is 0 Å². The van der Waals surface area contributed by atoms with E-state index < -0.39 is 23.2 Å². The van der Waals surface area contributed by atoms with Crippen LogP contribution >= 0.6 is 0 Å². The second-order valence-electron chi connectivity index (χ2n) is 11.4. The van der Waals surface area contributed by atoms with Crippen molar-refractivity contribution >= 4 is 42.2 Å². The molecule has 2 aliphatic carbocycles. The maximum absolute atomic E-state index is 2.53. The largest absolute Gasteiger partial charge is 1.00 e. The molecule has 7 rings (SSSR count). The molecule has 0 nitrogen and oxygen atoms in total. The van der Waals surface area contributed by atoms with Gasteiger partial charge in [-0.3, -0.25) is 0 Å². The first-order chi connectivity index (χ1) is 19.0. The topological polar surface area (TPSA) is 0 Å². The van der Waals surface area contributed by atoms with E-state index in [9.17, 15) is 0 Å². The molecule has 2 unspecified atom stereocenters. The first kappa shape index (κ1) is 32.0. The second kappa shape index (κ2) is 14.0. The fourth-order valence-electron chi connectivity index (χ4n) is 6.20. The number of hydrogen-bond donors (Lipinski definition) is 0. The summed E-state index contributed by atoms with van der Waals surface area (Å²) in [6, 6.07) is 34.4. The standard InChI is InChI=1S/2C17H15.C3H8Si.2ClH.Zr/c2*1-12-10-13(2)17(11-12)16-9-5-7-14-6-3-4-8-15(14)16;1-2-4-3-1;;;/h2*3-9,11-12H,1-2H3;1-4H2;2*1H;/q;;;;;+2/p-2. The Morgan fingerprint density at radius 3 is 1.34 bits per heavy atom. The van der Waals surface area contributed by atoms with Crippen LogP contribution in [0.15, 0.2) is 115 Å². The molecule has 0 aromatic heterocycles. The van der Waals surface area contributed by atoms with E-state index in [0.29, 0.717) is 21.4 Å². The normalized spacial score (nSPS) is 19.4. The molecule has 4 aromatic carbocycles. The van der Waals surface area contributed by atoms with Gasteiger partial charge in [0.15, 0.2) is 0 Å². The zero-order chi connectivity index (χ0) is 26.9. The van der Waals surface area contributed by atoms with E-state index in [1.54, 1.807) is 25.1 Å². The molecular weight excluding hydrogens is 635 g/mol. The van der Waals surface area contributed by atoms with E-state index in [4.69, 9.17) is 0 Å². The number of halogens is 2. The van der Waals surface area contributed by atoms with Crippen molar-refractivity contribution in [2.75, 3.05) is 0 Å². The van der Waals surface area contributed by atoms with Gasteiger partial charge in [-0.25, -0.2) is 0 Å². The van der Waals surface area contributed by atoms with Crippen LogP contribution in [-0.2, 0) is 23.2 Å². The monoisotopic (exact) mass is 670 g/mol. The smallest absolute Gasteiger partial charge is 1.00 e. The molecule has 1 saturated heterocycles. The van der Waals surface area contributed by atoms with Crippen molar-refractivity contribution in [3.8, 4) is 0 Å². The quantitative estimate of drug-likeness (QED) is 0.290. The first-order valence-electron chi connectivity index (χ1n) is 14.6. The number of fused-ring (bicyclic) bond motifs is 2. The number of benzene rings is 4. The zero-order valence-electron chi connectivity index (χ0n) is 24.5. The third-order valence-electron chi connectivity index (χ3n) is 8.79. The molecule has 41 heavy (non-hydrogen) atoms. The zero-order valence-corrected chi connectivity index (χ0v) is 29.9. The summed E-state index contributed by atoms with van der Waals surface area (Å²) in [7, 11) is 0.605. The van der Waals surface area contributed by atoms with Crippen molar-refractivity contribution in [1.29, 1.82) is 0 Å². The molecule has 0 radical (unpaired) electrons. The Morgan fingerprint density at radius 1 is 0.585 bits per heavy atom. The number of rotatable bonds is 4. The first-order valence-corrected chi connectivity index (χ1v) is 19.1. The van der Waals surface area contributed by atoms with E-state index >= 15 is 0 Å². The van der Waals surface area contributed by atoms with Crippen LogP contribution in [0, 0.1) is 11.8 Å². The maximum Gasteiger partial charge on any atom is -1.00 e.